The first-order valence-electron chi connectivity index (χ1n) is 7.65. The number of amides is 1. The summed E-state index contributed by atoms with van der Waals surface area (Å²) in [5.41, 5.74) is -0.699. The van der Waals surface area contributed by atoms with E-state index >= 15 is 0 Å². The van der Waals surface area contributed by atoms with Crippen LogP contribution in [0.1, 0.15) is 29.3 Å². The van der Waals surface area contributed by atoms with E-state index in [0.717, 1.165) is 12.1 Å². The fraction of sp³-hybridized carbons (Fsp3) is 0.278. The molecule has 0 heterocycles. The van der Waals surface area contributed by atoms with Gasteiger partial charge in [-0.2, -0.15) is 13.2 Å². The van der Waals surface area contributed by atoms with Gasteiger partial charge < -0.3 is 14.8 Å². The highest BCUT2D eigenvalue weighted by Crippen LogP contribution is 2.35. The van der Waals surface area contributed by atoms with Crippen molar-refractivity contribution in [3.8, 4) is 11.5 Å². The number of hydrogen-bond donors (Lipinski definition) is 1. The molecule has 7 heteroatoms. The summed E-state index contributed by atoms with van der Waals surface area (Å²) in [6.45, 7) is 2.19. The van der Waals surface area contributed by atoms with Crippen molar-refractivity contribution in [3.05, 3.63) is 53.6 Å². The van der Waals surface area contributed by atoms with Gasteiger partial charge in [0.15, 0.2) is 0 Å². The van der Waals surface area contributed by atoms with E-state index in [1.54, 1.807) is 18.2 Å². The molecule has 0 saturated heterocycles. The van der Waals surface area contributed by atoms with Gasteiger partial charge in [-0.05, 0) is 36.8 Å². The molecule has 4 nitrogen and oxygen atoms in total. The SMILES string of the molecule is CCCOc1ccc(C(F)(F)F)cc1NC(=O)c1ccccc1OC. The van der Waals surface area contributed by atoms with Crippen molar-refractivity contribution in [2.45, 2.75) is 19.5 Å². The molecule has 0 bridgehead atoms. The smallest absolute Gasteiger partial charge is 0.416 e. The zero-order chi connectivity index (χ0) is 18.4. The number of benzene rings is 2. The van der Waals surface area contributed by atoms with Gasteiger partial charge in [0.05, 0.1) is 30.5 Å². The number of methoxy groups -OCH3 is 1. The molecular formula is C18H18F3NO3. The standard InChI is InChI=1S/C18H18F3NO3/c1-3-10-25-16-9-8-12(18(19,20)21)11-14(16)22-17(23)13-6-4-5-7-15(13)24-2/h4-9,11H,3,10H2,1-2H3,(H,22,23). The van der Waals surface area contributed by atoms with Crippen LogP contribution in [-0.2, 0) is 6.18 Å². The van der Waals surface area contributed by atoms with Gasteiger partial charge in [0, 0.05) is 0 Å². The van der Waals surface area contributed by atoms with E-state index in [4.69, 9.17) is 9.47 Å². The normalized spacial score (nSPS) is 11.1. The Labute approximate surface area is 143 Å². The predicted octanol–water partition coefficient (Wildman–Crippen LogP) is 4.76. The Balaban J connectivity index is 2.36. The molecule has 1 N–H and O–H groups in total. The lowest BCUT2D eigenvalue weighted by atomic mass is 10.1. The van der Waals surface area contributed by atoms with Gasteiger partial charge >= 0.3 is 6.18 Å². The first-order valence-corrected chi connectivity index (χ1v) is 7.65. The van der Waals surface area contributed by atoms with Crippen LogP contribution in [0.25, 0.3) is 0 Å². The third-order valence-corrected chi connectivity index (χ3v) is 3.37. The van der Waals surface area contributed by atoms with Crippen molar-refractivity contribution in [1.29, 1.82) is 0 Å². The maximum Gasteiger partial charge on any atom is 0.416 e. The summed E-state index contributed by atoms with van der Waals surface area (Å²) in [5, 5.41) is 2.48. The lowest BCUT2D eigenvalue weighted by molar-refractivity contribution is -0.137. The maximum absolute atomic E-state index is 13.0. The van der Waals surface area contributed by atoms with Gasteiger partial charge in [0.25, 0.3) is 5.91 Å². The third kappa shape index (κ3) is 4.65. The molecule has 0 spiro atoms. The van der Waals surface area contributed by atoms with Crippen LogP contribution < -0.4 is 14.8 Å². The summed E-state index contributed by atoms with van der Waals surface area (Å²) < 4.78 is 49.4. The van der Waals surface area contributed by atoms with E-state index in [9.17, 15) is 18.0 Å². The summed E-state index contributed by atoms with van der Waals surface area (Å²) >= 11 is 0. The van der Waals surface area contributed by atoms with E-state index in [0.29, 0.717) is 18.8 Å². The maximum atomic E-state index is 13.0. The van der Waals surface area contributed by atoms with Gasteiger partial charge in [0.1, 0.15) is 11.5 Å². The number of para-hydroxylation sites is 1. The summed E-state index contributed by atoms with van der Waals surface area (Å²) in [7, 11) is 1.41. The molecule has 1 amide bonds. The highest BCUT2D eigenvalue weighted by Gasteiger charge is 2.31. The molecule has 2 aromatic carbocycles. The van der Waals surface area contributed by atoms with E-state index in [1.165, 1.54) is 19.2 Å². The molecular weight excluding hydrogens is 335 g/mol. The minimum atomic E-state index is -4.52. The second kappa shape index (κ2) is 7.92. The highest BCUT2D eigenvalue weighted by molar-refractivity contribution is 6.06. The molecule has 0 aromatic heterocycles. The van der Waals surface area contributed by atoms with E-state index in [2.05, 4.69) is 5.32 Å². The summed E-state index contributed by atoms with van der Waals surface area (Å²) in [6.07, 6.45) is -3.84. The molecule has 2 rings (SSSR count). The van der Waals surface area contributed by atoms with E-state index in [-0.39, 0.29) is 17.0 Å². The Morgan fingerprint density at radius 2 is 1.84 bits per heavy atom. The average molecular weight is 353 g/mol. The monoisotopic (exact) mass is 353 g/mol. The zero-order valence-corrected chi connectivity index (χ0v) is 13.8. The minimum Gasteiger partial charge on any atom is -0.496 e. The summed E-state index contributed by atoms with van der Waals surface area (Å²) in [6, 6.07) is 9.43. The van der Waals surface area contributed by atoms with Crippen LogP contribution in [0.15, 0.2) is 42.5 Å². The Bertz CT molecular complexity index is 745. The predicted molar refractivity (Wildman–Crippen MR) is 88.2 cm³/mol. The van der Waals surface area contributed by atoms with Gasteiger partial charge in [-0.15, -0.1) is 0 Å². The molecule has 0 unspecified atom stereocenters. The topological polar surface area (TPSA) is 47.6 Å². The summed E-state index contributed by atoms with van der Waals surface area (Å²) in [5.74, 6) is -0.0841. The van der Waals surface area contributed by atoms with Gasteiger partial charge in [-0.25, -0.2) is 0 Å². The molecule has 0 atom stereocenters. The van der Waals surface area contributed by atoms with Crippen LogP contribution in [0, 0.1) is 0 Å². The highest BCUT2D eigenvalue weighted by atomic mass is 19.4. The largest absolute Gasteiger partial charge is 0.496 e. The van der Waals surface area contributed by atoms with Crippen molar-refractivity contribution < 1.29 is 27.4 Å². The number of halogens is 3. The van der Waals surface area contributed by atoms with Crippen molar-refractivity contribution >= 4 is 11.6 Å². The number of hydrogen-bond acceptors (Lipinski definition) is 3. The first kappa shape index (κ1) is 18.6. The molecule has 0 radical (unpaired) electrons. The Kier molecular flexibility index (Phi) is 5.90. The van der Waals surface area contributed by atoms with Crippen LogP contribution in [0.5, 0.6) is 11.5 Å². The van der Waals surface area contributed by atoms with Crippen molar-refractivity contribution in [1.82, 2.24) is 0 Å². The molecule has 0 aliphatic rings. The number of rotatable bonds is 6. The molecule has 0 saturated carbocycles. The molecule has 0 aliphatic carbocycles. The molecule has 0 aliphatic heterocycles. The van der Waals surface area contributed by atoms with E-state index < -0.39 is 17.6 Å². The second-order valence-corrected chi connectivity index (χ2v) is 5.21. The number of alkyl halides is 3. The fourth-order valence-corrected chi connectivity index (χ4v) is 2.16. The van der Waals surface area contributed by atoms with E-state index in [1.807, 2.05) is 6.92 Å². The zero-order valence-electron chi connectivity index (χ0n) is 13.8. The lowest BCUT2D eigenvalue weighted by Crippen LogP contribution is -2.15. The number of ether oxygens (including phenoxy) is 2. The number of carbonyl (C=O) groups excluding carboxylic acids is 1. The van der Waals surface area contributed by atoms with Crippen LogP contribution in [0.3, 0.4) is 0 Å². The fourth-order valence-electron chi connectivity index (χ4n) is 2.16. The molecule has 0 fully saturated rings. The number of anilines is 1. The molecule has 134 valence electrons. The van der Waals surface area contributed by atoms with Gasteiger partial charge in [-0.1, -0.05) is 19.1 Å². The van der Waals surface area contributed by atoms with Crippen LogP contribution >= 0.6 is 0 Å². The lowest BCUT2D eigenvalue weighted by Gasteiger charge is -2.16. The van der Waals surface area contributed by atoms with Crippen LogP contribution in [0.4, 0.5) is 18.9 Å². The van der Waals surface area contributed by atoms with Crippen molar-refractivity contribution in [2.24, 2.45) is 0 Å². The number of nitrogens with one attached hydrogen (secondary N) is 1. The van der Waals surface area contributed by atoms with Crippen LogP contribution in [-0.4, -0.2) is 19.6 Å². The molecule has 25 heavy (non-hydrogen) atoms. The van der Waals surface area contributed by atoms with Crippen LogP contribution in [0.2, 0.25) is 0 Å². The van der Waals surface area contributed by atoms with Crippen molar-refractivity contribution in [3.63, 3.8) is 0 Å². The molecule has 2 aromatic rings. The minimum absolute atomic E-state index is 0.0424. The Hall–Kier alpha value is -2.70. The van der Waals surface area contributed by atoms with Gasteiger partial charge in [-0.3, -0.25) is 4.79 Å². The second-order valence-electron chi connectivity index (χ2n) is 5.21. The Morgan fingerprint density at radius 1 is 1.12 bits per heavy atom. The Morgan fingerprint density at radius 3 is 2.48 bits per heavy atom. The first-order chi connectivity index (χ1) is 11.9. The summed E-state index contributed by atoms with van der Waals surface area (Å²) in [4.78, 5) is 12.5. The number of carbonyl (C=O) groups is 1. The third-order valence-electron chi connectivity index (χ3n) is 3.37. The quantitative estimate of drug-likeness (QED) is 0.815. The van der Waals surface area contributed by atoms with Gasteiger partial charge in [0.2, 0.25) is 0 Å². The van der Waals surface area contributed by atoms with Crippen molar-refractivity contribution in [2.75, 3.05) is 19.0 Å². The average Bonchev–Trinajstić information content (AvgIpc) is 2.59.